The van der Waals surface area contributed by atoms with Crippen molar-refractivity contribution in [3.63, 3.8) is 0 Å². The van der Waals surface area contributed by atoms with E-state index in [0.29, 0.717) is 5.69 Å². The van der Waals surface area contributed by atoms with Crippen molar-refractivity contribution in [2.24, 2.45) is 0 Å². The lowest BCUT2D eigenvalue weighted by molar-refractivity contribution is -0.151. The molecule has 0 fully saturated rings. The molecular weight excluding hydrogens is 296 g/mol. The van der Waals surface area contributed by atoms with Crippen LogP contribution < -0.4 is 11.3 Å². The first-order valence-electron chi connectivity index (χ1n) is 6.37. The first kappa shape index (κ1) is 17.2. The maximum atomic E-state index is 11.8. The normalized spacial score (nSPS) is 12.1. The fourth-order valence-corrected chi connectivity index (χ4v) is 2.62. The Kier molecular flexibility index (Phi) is 5.16. The van der Waals surface area contributed by atoms with Gasteiger partial charge >= 0.3 is 5.97 Å². The van der Waals surface area contributed by atoms with Crippen LogP contribution >= 0.6 is 0 Å². The Hall–Kier alpha value is -1.83. The Morgan fingerprint density at radius 1 is 1.33 bits per heavy atom. The molecule has 0 aliphatic carbocycles. The minimum atomic E-state index is -3.66. The molecule has 21 heavy (non-hydrogen) atoms. The van der Waals surface area contributed by atoms with Gasteiger partial charge in [-0.25, -0.2) is 8.42 Å². The number of pyridine rings is 1. The van der Waals surface area contributed by atoms with Crippen LogP contribution in [0.5, 0.6) is 0 Å². The van der Waals surface area contributed by atoms with Gasteiger partial charge in [0.05, 0.1) is 5.75 Å². The zero-order valence-corrected chi connectivity index (χ0v) is 13.1. The molecule has 7 nitrogen and oxygen atoms in total. The van der Waals surface area contributed by atoms with Crippen molar-refractivity contribution >= 4 is 21.5 Å². The number of nitrogens with two attached hydrogens (primary N) is 1. The Bertz CT molecular complexity index is 671. The standard InChI is InChI=1S/C13H20N2O5S/c1-13(2,3)20-12(17)9-21(18,19)7-6-15-8-10(14)4-5-11(15)16/h4-5,8H,6-7,9,14H2,1-3H3. The van der Waals surface area contributed by atoms with E-state index in [1.807, 2.05) is 0 Å². The highest BCUT2D eigenvalue weighted by atomic mass is 32.2. The Morgan fingerprint density at radius 3 is 2.52 bits per heavy atom. The second-order valence-corrected chi connectivity index (χ2v) is 7.86. The number of esters is 1. The number of nitrogen functional groups attached to an aromatic ring is 1. The fraction of sp³-hybridized carbons (Fsp3) is 0.538. The smallest absolute Gasteiger partial charge is 0.321 e. The highest BCUT2D eigenvalue weighted by Crippen LogP contribution is 2.08. The highest BCUT2D eigenvalue weighted by molar-refractivity contribution is 7.92. The minimum absolute atomic E-state index is 0.0605. The van der Waals surface area contributed by atoms with Gasteiger partial charge in [0, 0.05) is 24.5 Å². The molecule has 0 saturated heterocycles. The predicted octanol–water partition coefficient (Wildman–Crippen LogP) is 0.187. The molecule has 0 aliphatic rings. The third kappa shape index (κ3) is 6.44. The number of rotatable bonds is 5. The molecule has 0 radical (unpaired) electrons. The quantitative estimate of drug-likeness (QED) is 0.777. The van der Waals surface area contributed by atoms with Gasteiger partial charge in [-0.15, -0.1) is 0 Å². The van der Waals surface area contributed by atoms with Crippen molar-refractivity contribution < 1.29 is 17.9 Å². The molecule has 0 bridgehead atoms. The number of carbonyl (C=O) groups excluding carboxylic acids is 1. The molecule has 1 aromatic rings. The third-order valence-corrected chi connectivity index (χ3v) is 3.89. The van der Waals surface area contributed by atoms with E-state index in [2.05, 4.69) is 0 Å². The molecule has 1 heterocycles. The van der Waals surface area contributed by atoms with Gasteiger partial charge in [0.25, 0.3) is 5.56 Å². The first-order chi connectivity index (χ1) is 9.48. The summed E-state index contributed by atoms with van der Waals surface area (Å²) in [6, 6.07) is 2.70. The molecule has 1 aromatic heterocycles. The van der Waals surface area contributed by atoms with Crippen molar-refractivity contribution in [3.05, 3.63) is 28.7 Å². The van der Waals surface area contributed by atoms with Crippen LogP contribution in [0.3, 0.4) is 0 Å². The van der Waals surface area contributed by atoms with E-state index in [1.165, 1.54) is 22.9 Å². The van der Waals surface area contributed by atoms with E-state index >= 15 is 0 Å². The number of aryl methyl sites for hydroxylation is 1. The van der Waals surface area contributed by atoms with E-state index in [4.69, 9.17) is 10.5 Å². The van der Waals surface area contributed by atoms with E-state index < -0.39 is 27.2 Å². The molecule has 0 saturated carbocycles. The van der Waals surface area contributed by atoms with Gasteiger partial charge in [0.2, 0.25) is 0 Å². The van der Waals surface area contributed by atoms with Crippen LogP contribution in [0.15, 0.2) is 23.1 Å². The maximum Gasteiger partial charge on any atom is 0.321 e. The number of sulfone groups is 1. The van der Waals surface area contributed by atoms with Crippen molar-refractivity contribution in [1.29, 1.82) is 0 Å². The van der Waals surface area contributed by atoms with Crippen LogP contribution in [0.1, 0.15) is 20.8 Å². The van der Waals surface area contributed by atoms with E-state index in [9.17, 15) is 18.0 Å². The van der Waals surface area contributed by atoms with Crippen LogP contribution in [0.2, 0.25) is 0 Å². The van der Waals surface area contributed by atoms with E-state index in [1.54, 1.807) is 20.8 Å². The molecule has 118 valence electrons. The van der Waals surface area contributed by atoms with Crippen LogP contribution in [-0.4, -0.2) is 36.1 Å². The molecule has 0 spiro atoms. The predicted molar refractivity (Wildman–Crippen MR) is 79.6 cm³/mol. The second-order valence-electron chi connectivity index (χ2n) is 5.67. The summed E-state index contributed by atoms with van der Waals surface area (Å²) in [4.78, 5) is 23.0. The molecule has 2 N–H and O–H groups in total. The number of carbonyl (C=O) groups is 1. The SMILES string of the molecule is CC(C)(C)OC(=O)CS(=O)(=O)CCn1cc(N)ccc1=O. The molecule has 1 rings (SSSR count). The molecule has 0 unspecified atom stereocenters. The molecular formula is C13H20N2O5S. The first-order valence-corrected chi connectivity index (χ1v) is 8.19. The van der Waals surface area contributed by atoms with Gasteiger partial charge in [-0.2, -0.15) is 0 Å². The fourth-order valence-electron chi connectivity index (χ4n) is 1.58. The molecule has 0 aromatic carbocycles. The summed E-state index contributed by atoms with van der Waals surface area (Å²) in [5.41, 5.74) is 4.80. The molecule has 0 aliphatic heterocycles. The lowest BCUT2D eigenvalue weighted by atomic mass is 10.2. The Labute approximate surface area is 123 Å². The zero-order chi connectivity index (χ0) is 16.3. The molecule has 0 atom stereocenters. The molecule has 8 heteroatoms. The third-order valence-electron chi connectivity index (χ3n) is 2.41. The van der Waals surface area contributed by atoms with Gasteiger partial charge in [0.1, 0.15) is 11.4 Å². The number of hydrogen-bond donors (Lipinski definition) is 1. The van der Waals surface area contributed by atoms with Gasteiger partial charge < -0.3 is 15.0 Å². The average molecular weight is 316 g/mol. The number of aromatic nitrogens is 1. The highest BCUT2D eigenvalue weighted by Gasteiger charge is 2.22. The van der Waals surface area contributed by atoms with Crippen LogP contribution in [0.25, 0.3) is 0 Å². The van der Waals surface area contributed by atoms with Crippen molar-refractivity contribution in [2.75, 3.05) is 17.2 Å². The number of hydrogen-bond acceptors (Lipinski definition) is 6. The maximum absolute atomic E-state index is 11.8. The van der Waals surface area contributed by atoms with Crippen molar-refractivity contribution in [1.82, 2.24) is 4.57 Å². The summed E-state index contributed by atoms with van der Waals surface area (Å²) in [6.45, 7) is 4.91. The molecule has 0 amide bonds. The lowest BCUT2D eigenvalue weighted by Gasteiger charge is -2.19. The lowest BCUT2D eigenvalue weighted by Crippen LogP contribution is -2.31. The van der Waals surface area contributed by atoms with Gasteiger partial charge in [-0.1, -0.05) is 0 Å². The van der Waals surface area contributed by atoms with Crippen molar-refractivity contribution in [2.45, 2.75) is 32.9 Å². The monoisotopic (exact) mass is 316 g/mol. The number of anilines is 1. The zero-order valence-electron chi connectivity index (χ0n) is 12.3. The van der Waals surface area contributed by atoms with Gasteiger partial charge in [-0.3, -0.25) is 9.59 Å². The summed E-state index contributed by atoms with van der Waals surface area (Å²) in [5.74, 6) is -1.85. The van der Waals surface area contributed by atoms with Crippen LogP contribution in [0, 0.1) is 0 Å². The second kappa shape index (κ2) is 6.30. The summed E-state index contributed by atoms with van der Waals surface area (Å²) < 4.78 is 29.9. The minimum Gasteiger partial charge on any atom is -0.459 e. The summed E-state index contributed by atoms with van der Waals surface area (Å²) in [5, 5.41) is 0. The summed E-state index contributed by atoms with van der Waals surface area (Å²) in [7, 11) is -3.66. The largest absolute Gasteiger partial charge is 0.459 e. The van der Waals surface area contributed by atoms with E-state index in [0.717, 1.165) is 0 Å². The Morgan fingerprint density at radius 2 is 1.95 bits per heavy atom. The summed E-state index contributed by atoms with van der Waals surface area (Å²) >= 11 is 0. The number of nitrogens with zero attached hydrogens (tertiary/aromatic N) is 1. The van der Waals surface area contributed by atoms with Crippen molar-refractivity contribution in [3.8, 4) is 0 Å². The van der Waals surface area contributed by atoms with Gasteiger partial charge in [0.15, 0.2) is 9.84 Å². The summed E-state index contributed by atoms with van der Waals surface area (Å²) in [6.07, 6.45) is 1.37. The Balaban J connectivity index is 2.67. The van der Waals surface area contributed by atoms with Crippen LogP contribution in [0.4, 0.5) is 5.69 Å². The van der Waals surface area contributed by atoms with Gasteiger partial charge in [-0.05, 0) is 26.8 Å². The van der Waals surface area contributed by atoms with E-state index in [-0.39, 0.29) is 17.9 Å². The topological polar surface area (TPSA) is 108 Å². The van der Waals surface area contributed by atoms with Crippen LogP contribution in [-0.2, 0) is 25.9 Å². The average Bonchev–Trinajstić information content (AvgIpc) is 2.27. The number of ether oxygens (including phenoxy) is 1.